The van der Waals surface area contributed by atoms with Gasteiger partial charge in [-0.3, -0.25) is 4.72 Å². The predicted octanol–water partition coefficient (Wildman–Crippen LogP) is 4.77. The van der Waals surface area contributed by atoms with Gasteiger partial charge in [-0.25, -0.2) is 8.42 Å². The molecule has 122 valence electrons. The van der Waals surface area contributed by atoms with Crippen molar-refractivity contribution in [3.63, 3.8) is 0 Å². The van der Waals surface area contributed by atoms with Crippen LogP contribution in [0, 0.1) is 13.8 Å². The molecule has 0 aliphatic rings. The molecule has 24 heavy (non-hydrogen) atoms. The molecule has 0 atom stereocenters. The zero-order valence-electron chi connectivity index (χ0n) is 13.7. The van der Waals surface area contributed by atoms with Crippen molar-refractivity contribution in [2.45, 2.75) is 18.7 Å². The third-order valence-corrected chi connectivity index (χ3v) is 5.22. The fraction of sp³-hybridized carbons (Fsp3) is 0.100. The molecule has 3 aromatic carbocycles. The summed E-state index contributed by atoms with van der Waals surface area (Å²) in [6.07, 6.45) is 0. The summed E-state index contributed by atoms with van der Waals surface area (Å²) in [4.78, 5) is 0.250. The van der Waals surface area contributed by atoms with Crippen LogP contribution in [0.4, 0.5) is 5.69 Å². The molecule has 0 spiro atoms. The molecular formula is C20H19NO2S. The molecule has 0 heterocycles. The fourth-order valence-electron chi connectivity index (χ4n) is 2.50. The Morgan fingerprint density at radius 2 is 1.29 bits per heavy atom. The SMILES string of the molecule is Cc1ccc(-c2ccc(S(=O)(=O)Nc3cccc(C)c3)cc2)cc1. The third kappa shape index (κ3) is 3.66. The maximum atomic E-state index is 12.5. The number of rotatable bonds is 4. The zero-order chi connectivity index (χ0) is 17.2. The van der Waals surface area contributed by atoms with E-state index in [1.165, 1.54) is 5.56 Å². The molecule has 0 saturated carbocycles. The van der Waals surface area contributed by atoms with E-state index < -0.39 is 10.0 Å². The van der Waals surface area contributed by atoms with Crippen molar-refractivity contribution in [3.05, 3.63) is 83.9 Å². The van der Waals surface area contributed by atoms with E-state index in [9.17, 15) is 8.42 Å². The summed E-state index contributed by atoms with van der Waals surface area (Å²) < 4.78 is 27.6. The highest BCUT2D eigenvalue weighted by Gasteiger charge is 2.14. The van der Waals surface area contributed by atoms with Gasteiger partial charge in [0.2, 0.25) is 0 Å². The third-order valence-electron chi connectivity index (χ3n) is 3.82. The molecule has 0 fully saturated rings. The smallest absolute Gasteiger partial charge is 0.261 e. The Hall–Kier alpha value is -2.59. The van der Waals surface area contributed by atoms with Gasteiger partial charge in [0.05, 0.1) is 4.90 Å². The van der Waals surface area contributed by atoms with Crippen molar-refractivity contribution in [1.29, 1.82) is 0 Å². The lowest BCUT2D eigenvalue weighted by molar-refractivity contribution is 0.601. The lowest BCUT2D eigenvalue weighted by Crippen LogP contribution is -2.12. The maximum absolute atomic E-state index is 12.5. The molecular weight excluding hydrogens is 318 g/mol. The molecule has 0 aromatic heterocycles. The van der Waals surface area contributed by atoms with Crippen molar-refractivity contribution in [2.24, 2.45) is 0 Å². The molecule has 0 unspecified atom stereocenters. The van der Waals surface area contributed by atoms with Gasteiger partial charge in [-0.1, -0.05) is 54.1 Å². The molecule has 0 radical (unpaired) electrons. The minimum Gasteiger partial charge on any atom is -0.280 e. The van der Waals surface area contributed by atoms with E-state index in [1.54, 1.807) is 24.3 Å². The summed E-state index contributed by atoms with van der Waals surface area (Å²) in [5.74, 6) is 0. The zero-order valence-corrected chi connectivity index (χ0v) is 14.5. The standard InChI is InChI=1S/C20H19NO2S/c1-15-6-8-17(9-7-15)18-10-12-20(13-11-18)24(22,23)21-19-5-3-4-16(2)14-19/h3-14,21H,1-2H3. The minimum absolute atomic E-state index is 0.250. The van der Waals surface area contributed by atoms with Crippen LogP contribution in [0.25, 0.3) is 11.1 Å². The predicted molar refractivity (Wildman–Crippen MR) is 98.6 cm³/mol. The van der Waals surface area contributed by atoms with Gasteiger partial charge in [0.1, 0.15) is 0 Å². The Labute approximate surface area is 143 Å². The number of nitrogens with one attached hydrogen (secondary N) is 1. The molecule has 0 aliphatic heterocycles. The Balaban J connectivity index is 1.85. The normalized spacial score (nSPS) is 11.2. The van der Waals surface area contributed by atoms with Gasteiger partial charge in [-0.05, 0) is 54.8 Å². The number of aryl methyl sites for hydroxylation is 2. The van der Waals surface area contributed by atoms with Gasteiger partial charge in [0.15, 0.2) is 0 Å². The van der Waals surface area contributed by atoms with Crippen LogP contribution < -0.4 is 4.72 Å². The van der Waals surface area contributed by atoms with Gasteiger partial charge < -0.3 is 0 Å². The molecule has 3 rings (SSSR count). The number of anilines is 1. The highest BCUT2D eigenvalue weighted by Crippen LogP contribution is 2.23. The second-order valence-electron chi connectivity index (χ2n) is 5.87. The van der Waals surface area contributed by atoms with Gasteiger partial charge in [0.25, 0.3) is 10.0 Å². The fourth-order valence-corrected chi connectivity index (χ4v) is 3.54. The maximum Gasteiger partial charge on any atom is 0.261 e. The van der Waals surface area contributed by atoms with Crippen LogP contribution >= 0.6 is 0 Å². The summed E-state index contributed by atoms with van der Waals surface area (Å²) in [6, 6.07) is 22.4. The van der Waals surface area contributed by atoms with Gasteiger partial charge in [0, 0.05) is 5.69 Å². The van der Waals surface area contributed by atoms with Gasteiger partial charge in [-0.15, -0.1) is 0 Å². The van der Waals surface area contributed by atoms with Gasteiger partial charge in [-0.2, -0.15) is 0 Å². The highest BCUT2D eigenvalue weighted by atomic mass is 32.2. The molecule has 0 bridgehead atoms. The summed E-state index contributed by atoms with van der Waals surface area (Å²) in [6.45, 7) is 3.96. The number of benzene rings is 3. The number of hydrogen-bond donors (Lipinski definition) is 1. The van der Waals surface area contributed by atoms with Crippen LogP contribution in [0.1, 0.15) is 11.1 Å². The van der Waals surface area contributed by atoms with Crippen LogP contribution in [0.2, 0.25) is 0 Å². The highest BCUT2D eigenvalue weighted by molar-refractivity contribution is 7.92. The first kappa shape index (κ1) is 16.3. The van der Waals surface area contributed by atoms with E-state index in [1.807, 2.05) is 62.4 Å². The lowest BCUT2D eigenvalue weighted by atomic mass is 10.0. The van der Waals surface area contributed by atoms with E-state index in [4.69, 9.17) is 0 Å². The lowest BCUT2D eigenvalue weighted by Gasteiger charge is -2.09. The van der Waals surface area contributed by atoms with Crippen LogP contribution in [-0.4, -0.2) is 8.42 Å². The van der Waals surface area contributed by atoms with Crippen molar-refractivity contribution in [1.82, 2.24) is 0 Å². The van der Waals surface area contributed by atoms with E-state index in [0.29, 0.717) is 5.69 Å². The summed E-state index contributed by atoms with van der Waals surface area (Å²) in [7, 11) is -3.59. The molecule has 1 N–H and O–H groups in total. The quantitative estimate of drug-likeness (QED) is 0.745. The second-order valence-corrected chi connectivity index (χ2v) is 7.55. The summed E-state index contributed by atoms with van der Waals surface area (Å²) >= 11 is 0. The van der Waals surface area contributed by atoms with E-state index in [-0.39, 0.29) is 4.90 Å². The number of hydrogen-bond acceptors (Lipinski definition) is 2. The van der Waals surface area contributed by atoms with Crippen LogP contribution in [-0.2, 0) is 10.0 Å². The Morgan fingerprint density at radius 3 is 1.88 bits per heavy atom. The molecule has 3 aromatic rings. The second kappa shape index (κ2) is 6.49. The van der Waals surface area contributed by atoms with Crippen molar-refractivity contribution >= 4 is 15.7 Å². The van der Waals surface area contributed by atoms with Crippen molar-refractivity contribution in [3.8, 4) is 11.1 Å². The molecule has 0 amide bonds. The Morgan fingerprint density at radius 1 is 0.708 bits per heavy atom. The molecule has 4 heteroatoms. The molecule has 0 saturated heterocycles. The van der Waals surface area contributed by atoms with E-state index in [2.05, 4.69) is 4.72 Å². The van der Waals surface area contributed by atoms with E-state index >= 15 is 0 Å². The monoisotopic (exact) mass is 337 g/mol. The van der Waals surface area contributed by atoms with Crippen molar-refractivity contribution in [2.75, 3.05) is 4.72 Å². The number of sulfonamides is 1. The average Bonchev–Trinajstić information content (AvgIpc) is 2.55. The largest absolute Gasteiger partial charge is 0.280 e. The topological polar surface area (TPSA) is 46.2 Å². The first-order valence-electron chi connectivity index (χ1n) is 7.71. The van der Waals surface area contributed by atoms with Crippen LogP contribution in [0.15, 0.2) is 77.7 Å². The Bertz CT molecular complexity index is 944. The summed E-state index contributed by atoms with van der Waals surface area (Å²) in [5, 5.41) is 0. The van der Waals surface area contributed by atoms with E-state index in [0.717, 1.165) is 16.7 Å². The first-order chi connectivity index (χ1) is 11.4. The minimum atomic E-state index is -3.59. The van der Waals surface area contributed by atoms with Crippen LogP contribution in [0.3, 0.4) is 0 Å². The summed E-state index contributed by atoms with van der Waals surface area (Å²) in [5.41, 5.74) is 4.82. The average molecular weight is 337 g/mol. The molecule has 0 aliphatic carbocycles. The Kier molecular flexibility index (Phi) is 4.40. The van der Waals surface area contributed by atoms with Crippen LogP contribution in [0.5, 0.6) is 0 Å². The van der Waals surface area contributed by atoms with Crippen molar-refractivity contribution < 1.29 is 8.42 Å². The van der Waals surface area contributed by atoms with Gasteiger partial charge >= 0.3 is 0 Å². The first-order valence-corrected chi connectivity index (χ1v) is 9.19. The molecule has 3 nitrogen and oxygen atoms in total.